The van der Waals surface area contributed by atoms with Crippen molar-refractivity contribution in [2.75, 3.05) is 0 Å². The Labute approximate surface area is 182 Å². The molecule has 0 aliphatic carbocycles. The smallest absolute Gasteiger partial charge is 0.492 e. The SMILES string of the molecule is C[Si](Oc1ccc2c(c1)C(=O)OC2=O)(Oc1ccc2c(c1)C(=O)OC2=O)c1ccccc1. The molecule has 0 amide bonds. The molecule has 3 aromatic carbocycles. The van der Waals surface area contributed by atoms with Gasteiger partial charge in [0.05, 0.1) is 22.3 Å². The minimum Gasteiger partial charge on any atom is -0.509 e. The Morgan fingerprint density at radius 2 is 1.03 bits per heavy atom. The second kappa shape index (κ2) is 7.17. The number of fused-ring (bicyclic) bond motifs is 2. The molecule has 8 nitrogen and oxygen atoms in total. The highest BCUT2D eigenvalue weighted by Crippen LogP contribution is 2.29. The molecule has 0 saturated heterocycles. The average molecular weight is 446 g/mol. The van der Waals surface area contributed by atoms with Crippen LogP contribution < -0.4 is 14.0 Å². The Bertz CT molecular complexity index is 1240. The molecule has 0 atom stereocenters. The average Bonchev–Trinajstić information content (AvgIpc) is 3.22. The number of hydrogen-bond acceptors (Lipinski definition) is 8. The van der Waals surface area contributed by atoms with E-state index in [-0.39, 0.29) is 22.3 Å². The van der Waals surface area contributed by atoms with Crippen LogP contribution in [0.25, 0.3) is 0 Å². The van der Waals surface area contributed by atoms with Crippen LogP contribution in [0, 0.1) is 0 Å². The van der Waals surface area contributed by atoms with E-state index in [1.54, 1.807) is 18.7 Å². The van der Waals surface area contributed by atoms with Gasteiger partial charge >= 0.3 is 32.4 Å². The van der Waals surface area contributed by atoms with E-state index in [2.05, 4.69) is 9.47 Å². The number of cyclic esters (lactones) is 4. The van der Waals surface area contributed by atoms with Crippen LogP contribution in [0.2, 0.25) is 6.55 Å². The Morgan fingerprint density at radius 1 is 0.594 bits per heavy atom. The Kier molecular flexibility index (Phi) is 4.42. The first kappa shape index (κ1) is 19.7. The van der Waals surface area contributed by atoms with Crippen LogP contribution in [0.3, 0.4) is 0 Å². The molecular weight excluding hydrogens is 432 g/mol. The van der Waals surface area contributed by atoms with Gasteiger partial charge in [-0.2, -0.15) is 0 Å². The first-order valence-electron chi connectivity index (χ1n) is 9.59. The van der Waals surface area contributed by atoms with E-state index in [4.69, 9.17) is 8.85 Å². The van der Waals surface area contributed by atoms with Crippen LogP contribution >= 0.6 is 0 Å². The Morgan fingerprint density at radius 3 is 1.50 bits per heavy atom. The van der Waals surface area contributed by atoms with Crippen molar-refractivity contribution in [3.8, 4) is 11.5 Å². The number of ether oxygens (including phenoxy) is 2. The molecule has 3 aromatic rings. The summed E-state index contributed by atoms with van der Waals surface area (Å²) in [5, 5.41) is 0.776. The van der Waals surface area contributed by atoms with Crippen molar-refractivity contribution >= 4 is 37.6 Å². The summed E-state index contributed by atoms with van der Waals surface area (Å²) >= 11 is 0. The molecule has 0 spiro atoms. The van der Waals surface area contributed by atoms with Crippen LogP contribution in [0.4, 0.5) is 0 Å². The summed E-state index contributed by atoms with van der Waals surface area (Å²) in [5.41, 5.74) is 0.590. The lowest BCUT2D eigenvalue weighted by Crippen LogP contribution is -2.56. The zero-order valence-corrected chi connectivity index (χ0v) is 17.6. The van der Waals surface area contributed by atoms with E-state index in [9.17, 15) is 19.2 Å². The number of carbonyl (C=O) groups is 4. The number of hydrogen-bond donors (Lipinski definition) is 0. The maximum atomic E-state index is 11.9. The van der Waals surface area contributed by atoms with Crippen LogP contribution in [-0.2, 0) is 9.47 Å². The maximum absolute atomic E-state index is 11.9. The monoisotopic (exact) mass is 446 g/mol. The minimum atomic E-state index is -3.22. The van der Waals surface area contributed by atoms with Gasteiger partial charge in [-0.15, -0.1) is 0 Å². The standard InChI is InChI=1S/C23H14O8Si/c1-32(15-5-3-2-4-6-15,30-13-7-9-16-18(11-13)22(26)28-20(16)24)31-14-8-10-17-19(12-14)23(27)29-21(17)25/h2-12H,1H3. The first-order valence-corrected chi connectivity index (χ1v) is 11.9. The highest BCUT2D eigenvalue weighted by Gasteiger charge is 2.41. The summed E-state index contributed by atoms with van der Waals surface area (Å²) in [6.07, 6.45) is 0. The molecule has 0 saturated carbocycles. The molecule has 32 heavy (non-hydrogen) atoms. The van der Waals surface area contributed by atoms with Crippen molar-refractivity contribution in [2.45, 2.75) is 6.55 Å². The third-order valence-electron chi connectivity index (χ3n) is 5.16. The molecule has 0 aromatic heterocycles. The van der Waals surface area contributed by atoms with Crippen LogP contribution in [0.5, 0.6) is 11.5 Å². The quantitative estimate of drug-likeness (QED) is 0.335. The third kappa shape index (κ3) is 3.24. The fourth-order valence-electron chi connectivity index (χ4n) is 3.59. The topological polar surface area (TPSA) is 105 Å². The van der Waals surface area contributed by atoms with Crippen molar-refractivity contribution in [3.05, 3.63) is 89.0 Å². The second-order valence-corrected chi connectivity index (χ2v) is 10.2. The van der Waals surface area contributed by atoms with Gasteiger partial charge in [0.25, 0.3) is 0 Å². The molecule has 0 N–H and O–H groups in total. The van der Waals surface area contributed by atoms with E-state index in [0.29, 0.717) is 11.5 Å². The predicted octanol–water partition coefficient (Wildman–Crippen LogP) is 2.74. The zero-order chi connectivity index (χ0) is 22.5. The Balaban J connectivity index is 1.52. The number of rotatable bonds is 5. The second-order valence-electron chi connectivity index (χ2n) is 7.28. The highest BCUT2D eigenvalue weighted by atomic mass is 28.4. The molecule has 2 aliphatic rings. The summed E-state index contributed by atoms with van der Waals surface area (Å²) in [7, 11) is -3.22. The molecule has 9 heteroatoms. The van der Waals surface area contributed by atoms with Crippen molar-refractivity contribution in [1.29, 1.82) is 0 Å². The Hall–Kier alpha value is -4.24. The molecule has 0 fully saturated rings. The van der Waals surface area contributed by atoms with E-state index < -0.39 is 32.4 Å². The largest absolute Gasteiger partial charge is 0.509 e. The third-order valence-corrected chi connectivity index (χ3v) is 7.79. The summed E-state index contributed by atoms with van der Waals surface area (Å²) in [6, 6.07) is 18.2. The molecule has 0 bridgehead atoms. The van der Waals surface area contributed by atoms with Crippen molar-refractivity contribution < 1.29 is 37.5 Å². The summed E-state index contributed by atoms with van der Waals surface area (Å²) in [6.45, 7) is 1.80. The van der Waals surface area contributed by atoms with Gasteiger partial charge in [-0.1, -0.05) is 30.3 Å². The summed E-state index contributed by atoms with van der Waals surface area (Å²) in [5.74, 6) is -2.22. The van der Waals surface area contributed by atoms with Crippen LogP contribution in [0.1, 0.15) is 41.4 Å². The lowest BCUT2D eigenvalue weighted by molar-refractivity contribution is 0.0425. The van der Waals surface area contributed by atoms with Gasteiger partial charge < -0.3 is 18.3 Å². The van der Waals surface area contributed by atoms with Gasteiger partial charge in [-0.25, -0.2) is 19.2 Å². The normalized spacial score (nSPS) is 14.5. The molecular formula is C23H14O8Si. The van der Waals surface area contributed by atoms with Gasteiger partial charge in [0.1, 0.15) is 11.5 Å². The fraction of sp³-hybridized carbons (Fsp3) is 0.0435. The van der Waals surface area contributed by atoms with Crippen LogP contribution in [0.15, 0.2) is 66.7 Å². The lowest BCUT2D eigenvalue weighted by atomic mass is 10.1. The lowest BCUT2D eigenvalue weighted by Gasteiger charge is -2.29. The van der Waals surface area contributed by atoms with Gasteiger partial charge in [0.15, 0.2) is 0 Å². The molecule has 158 valence electrons. The van der Waals surface area contributed by atoms with Gasteiger partial charge in [0.2, 0.25) is 0 Å². The van der Waals surface area contributed by atoms with E-state index in [1.165, 1.54) is 24.3 Å². The molecule has 2 heterocycles. The minimum absolute atomic E-state index is 0.121. The molecule has 5 rings (SSSR count). The van der Waals surface area contributed by atoms with Crippen molar-refractivity contribution in [1.82, 2.24) is 0 Å². The molecule has 0 unspecified atom stereocenters. The van der Waals surface area contributed by atoms with E-state index in [1.807, 2.05) is 30.3 Å². The van der Waals surface area contributed by atoms with Crippen molar-refractivity contribution in [3.63, 3.8) is 0 Å². The summed E-state index contributed by atoms with van der Waals surface area (Å²) in [4.78, 5) is 47.3. The predicted molar refractivity (Wildman–Crippen MR) is 111 cm³/mol. The van der Waals surface area contributed by atoms with Crippen molar-refractivity contribution in [2.24, 2.45) is 0 Å². The first-order chi connectivity index (χ1) is 15.3. The van der Waals surface area contributed by atoms with Crippen LogP contribution in [-0.4, -0.2) is 32.4 Å². The van der Waals surface area contributed by atoms with Gasteiger partial charge in [-0.05, 0) is 36.4 Å². The molecule has 0 radical (unpaired) electrons. The number of benzene rings is 3. The molecule has 2 aliphatic heterocycles. The number of carbonyl (C=O) groups excluding carboxylic acids is 4. The van der Waals surface area contributed by atoms with E-state index in [0.717, 1.165) is 5.19 Å². The highest BCUT2D eigenvalue weighted by molar-refractivity contribution is 6.81. The zero-order valence-electron chi connectivity index (χ0n) is 16.6. The van der Waals surface area contributed by atoms with Gasteiger partial charge in [-0.3, -0.25) is 0 Å². The number of esters is 4. The summed E-state index contributed by atoms with van der Waals surface area (Å²) < 4.78 is 21.8. The van der Waals surface area contributed by atoms with Gasteiger partial charge in [0, 0.05) is 11.7 Å². The van der Waals surface area contributed by atoms with E-state index >= 15 is 0 Å². The maximum Gasteiger partial charge on any atom is 0.492 e. The fourth-order valence-corrected chi connectivity index (χ4v) is 5.81.